The molecule has 0 N–H and O–H groups in total. The van der Waals surface area contributed by atoms with Crippen molar-refractivity contribution >= 4 is 11.8 Å². The van der Waals surface area contributed by atoms with Crippen LogP contribution in [0, 0.1) is 5.92 Å². The molecule has 4 nitrogen and oxygen atoms in total. The van der Waals surface area contributed by atoms with Gasteiger partial charge in [0.2, 0.25) is 0 Å². The Balaban J connectivity index is 1.73. The zero-order valence-electron chi connectivity index (χ0n) is 12.3. The largest absolute Gasteiger partial charge is 0.465 e. The normalized spacial score (nSPS) is 28.6. The molecule has 2 bridgehead atoms. The second-order valence-corrected chi connectivity index (χ2v) is 5.85. The predicted molar refractivity (Wildman–Crippen MR) is 78.5 cm³/mol. The van der Waals surface area contributed by atoms with E-state index in [0.29, 0.717) is 19.1 Å². The zero-order valence-corrected chi connectivity index (χ0v) is 12.3. The first-order chi connectivity index (χ1) is 10.2. The molecule has 0 aliphatic carbocycles. The van der Waals surface area contributed by atoms with Crippen LogP contribution in [0.5, 0.6) is 0 Å². The molecule has 2 aliphatic rings. The molecule has 0 amide bonds. The number of piperidine rings is 1. The molecule has 1 aromatic carbocycles. The SMILES string of the molecule is CCOC(=O)C1CC2CCC(C1=O)N2Cc1ccccc1. The summed E-state index contributed by atoms with van der Waals surface area (Å²) in [4.78, 5) is 26.8. The van der Waals surface area contributed by atoms with Gasteiger partial charge >= 0.3 is 5.97 Å². The molecule has 2 fully saturated rings. The zero-order chi connectivity index (χ0) is 14.8. The lowest BCUT2D eigenvalue weighted by molar-refractivity contribution is -0.155. The number of hydrogen-bond acceptors (Lipinski definition) is 4. The Hall–Kier alpha value is -1.68. The number of fused-ring (bicyclic) bond motifs is 2. The summed E-state index contributed by atoms with van der Waals surface area (Å²) in [6, 6.07) is 10.4. The fraction of sp³-hybridized carbons (Fsp3) is 0.529. The first kappa shape index (κ1) is 14.3. The van der Waals surface area contributed by atoms with Crippen molar-refractivity contribution in [2.24, 2.45) is 5.92 Å². The van der Waals surface area contributed by atoms with Crippen LogP contribution in [0.1, 0.15) is 31.7 Å². The van der Waals surface area contributed by atoms with Crippen molar-refractivity contribution in [3.63, 3.8) is 0 Å². The van der Waals surface area contributed by atoms with Gasteiger partial charge in [0.1, 0.15) is 5.92 Å². The van der Waals surface area contributed by atoms with Gasteiger partial charge in [-0.1, -0.05) is 30.3 Å². The molecule has 3 rings (SSSR count). The molecule has 0 radical (unpaired) electrons. The Bertz CT molecular complexity index is 528. The number of benzene rings is 1. The molecule has 2 heterocycles. The fourth-order valence-corrected chi connectivity index (χ4v) is 3.60. The van der Waals surface area contributed by atoms with Gasteiger partial charge in [0.05, 0.1) is 12.6 Å². The van der Waals surface area contributed by atoms with Crippen molar-refractivity contribution in [2.45, 2.75) is 44.8 Å². The van der Waals surface area contributed by atoms with E-state index in [-0.39, 0.29) is 17.8 Å². The van der Waals surface area contributed by atoms with Gasteiger partial charge < -0.3 is 4.74 Å². The van der Waals surface area contributed by atoms with Gasteiger partial charge in [-0.05, 0) is 31.7 Å². The van der Waals surface area contributed by atoms with Gasteiger partial charge in [-0.25, -0.2) is 0 Å². The molecular formula is C17H21NO3. The topological polar surface area (TPSA) is 46.6 Å². The van der Waals surface area contributed by atoms with Crippen molar-refractivity contribution in [3.05, 3.63) is 35.9 Å². The van der Waals surface area contributed by atoms with E-state index in [9.17, 15) is 9.59 Å². The first-order valence-corrected chi connectivity index (χ1v) is 7.70. The van der Waals surface area contributed by atoms with Gasteiger partial charge in [0.15, 0.2) is 5.78 Å². The molecule has 0 aromatic heterocycles. The van der Waals surface area contributed by atoms with E-state index in [4.69, 9.17) is 4.74 Å². The first-order valence-electron chi connectivity index (χ1n) is 7.70. The Morgan fingerprint density at radius 3 is 2.76 bits per heavy atom. The van der Waals surface area contributed by atoms with Crippen LogP contribution >= 0.6 is 0 Å². The van der Waals surface area contributed by atoms with E-state index < -0.39 is 5.92 Å². The maximum absolute atomic E-state index is 12.6. The summed E-state index contributed by atoms with van der Waals surface area (Å²) in [6.07, 6.45) is 2.48. The number of carbonyl (C=O) groups excluding carboxylic acids is 2. The Kier molecular flexibility index (Phi) is 4.06. The van der Waals surface area contributed by atoms with Crippen molar-refractivity contribution < 1.29 is 14.3 Å². The van der Waals surface area contributed by atoms with E-state index in [1.54, 1.807) is 6.92 Å². The molecule has 0 spiro atoms. The second-order valence-electron chi connectivity index (χ2n) is 5.85. The quantitative estimate of drug-likeness (QED) is 0.629. The number of ether oxygens (including phenoxy) is 1. The van der Waals surface area contributed by atoms with Crippen LogP contribution in [-0.2, 0) is 20.9 Å². The van der Waals surface area contributed by atoms with Gasteiger partial charge in [-0.2, -0.15) is 0 Å². The Labute approximate surface area is 125 Å². The number of Topliss-reactive ketones (excluding diaryl/α,β-unsaturated/α-hetero) is 1. The number of hydrogen-bond donors (Lipinski definition) is 0. The average Bonchev–Trinajstić information content (AvgIpc) is 2.78. The number of ketones is 1. The third kappa shape index (κ3) is 2.72. The van der Waals surface area contributed by atoms with Crippen molar-refractivity contribution in [2.75, 3.05) is 6.61 Å². The monoisotopic (exact) mass is 287 g/mol. The van der Waals surface area contributed by atoms with Crippen LogP contribution in [0.15, 0.2) is 30.3 Å². The Morgan fingerprint density at radius 2 is 2.05 bits per heavy atom. The fourth-order valence-electron chi connectivity index (χ4n) is 3.60. The third-order valence-corrected chi connectivity index (χ3v) is 4.60. The lowest BCUT2D eigenvalue weighted by Crippen LogP contribution is -2.51. The van der Waals surface area contributed by atoms with Gasteiger partial charge in [0, 0.05) is 12.6 Å². The number of rotatable bonds is 4. The molecule has 112 valence electrons. The van der Waals surface area contributed by atoms with E-state index in [1.807, 2.05) is 18.2 Å². The maximum Gasteiger partial charge on any atom is 0.316 e. The van der Waals surface area contributed by atoms with Crippen LogP contribution in [-0.4, -0.2) is 35.3 Å². The van der Waals surface area contributed by atoms with E-state index in [2.05, 4.69) is 17.0 Å². The molecule has 1 aromatic rings. The van der Waals surface area contributed by atoms with Crippen LogP contribution in [0.2, 0.25) is 0 Å². The average molecular weight is 287 g/mol. The minimum Gasteiger partial charge on any atom is -0.465 e. The van der Waals surface area contributed by atoms with Gasteiger partial charge in [-0.3, -0.25) is 14.5 Å². The summed E-state index contributed by atoms with van der Waals surface area (Å²) in [7, 11) is 0. The summed E-state index contributed by atoms with van der Waals surface area (Å²) in [6.45, 7) is 2.91. The molecule has 2 aliphatic heterocycles. The molecule has 3 unspecified atom stereocenters. The molecule has 21 heavy (non-hydrogen) atoms. The predicted octanol–water partition coefficient (Wildman–Crippen LogP) is 2.17. The number of nitrogens with zero attached hydrogens (tertiary/aromatic N) is 1. The van der Waals surface area contributed by atoms with E-state index >= 15 is 0 Å². The standard InChI is InChI=1S/C17H21NO3/c1-2-21-17(20)14-10-13-8-9-15(16(14)19)18(13)11-12-6-4-3-5-7-12/h3-7,13-15H,2,8-11H2,1H3. The van der Waals surface area contributed by atoms with Crippen molar-refractivity contribution in [1.82, 2.24) is 4.90 Å². The number of carbonyl (C=O) groups is 2. The lowest BCUT2D eigenvalue weighted by Gasteiger charge is -2.36. The maximum atomic E-state index is 12.6. The molecule has 2 saturated heterocycles. The molecular weight excluding hydrogens is 266 g/mol. The van der Waals surface area contributed by atoms with Crippen molar-refractivity contribution in [1.29, 1.82) is 0 Å². The van der Waals surface area contributed by atoms with Crippen LogP contribution in [0.3, 0.4) is 0 Å². The third-order valence-electron chi connectivity index (χ3n) is 4.60. The second kappa shape index (κ2) is 5.98. The summed E-state index contributed by atoms with van der Waals surface area (Å²) < 4.78 is 5.05. The van der Waals surface area contributed by atoms with Crippen LogP contribution < -0.4 is 0 Å². The summed E-state index contributed by atoms with van der Waals surface area (Å²) in [5.41, 5.74) is 1.22. The highest BCUT2D eigenvalue weighted by molar-refractivity contribution is 6.02. The summed E-state index contributed by atoms with van der Waals surface area (Å²) >= 11 is 0. The van der Waals surface area contributed by atoms with Gasteiger partial charge in [0.25, 0.3) is 0 Å². The molecule has 0 saturated carbocycles. The minimum atomic E-state index is -0.547. The minimum absolute atomic E-state index is 0.0538. The lowest BCUT2D eigenvalue weighted by atomic mass is 9.89. The van der Waals surface area contributed by atoms with Crippen LogP contribution in [0.4, 0.5) is 0 Å². The van der Waals surface area contributed by atoms with Gasteiger partial charge in [-0.15, -0.1) is 0 Å². The van der Waals surface area contributed by atoms with E-state index in [0.717, 1.165) is 19.4 Å². The van der Waals surface area contributed by atoms with Crippen molar-refractivity contribution in [3.8, 4) is 0 Å². The van der Waals surface area contributed by atoms with Crippen LogP contribution in [0.25, 0.3) is 0 Å². The van der Waals surface area contributed by atoms with E-state index in [1.165, 1.54) is 5.56 Å². The highest BCUT2D eigenvalue weighted by Gasteiger charge is 2.49. The highest BCUT2D eigenvalue weighted by Crippen LogP contribution is 2.38. The summed E-state index contributed by atoms with van der Waals surface area (Å²) in [5.74, 6) is -0.827. The molecule has 3 atom stereocenters. The molecule has 4 heteroatoms. The summed E-state index contributed by atoms with van der Waals surface area (Å²) in [5, 5.41) is 0. The Morgan fingerprint density at radius 1 is 1.29 bits per heavy atom. The number of esters is 1. The highest BCUT2D eigenvalue weighted by atomic mass is 16.5. The smallest absolute Gasteiger partial charge is 0.316 e.